The highest BCUT2D eigenvalue weighted by molar-refractivity contribution is 7.94. The molecular weight excluding hydrogens is 335 g/mol. The van der Waals surface area contributed by atoms with E-state index < -0.39 is 40.1 Å². The smallest absolute Gasteiger partial charge is 0.480 e. The van der Waals surface area contributed by atoms with Gasteiger partial charge in [-0.1, -0.05) is 0 Å². The molecule has 4 aliphatic rings. The third kappa shape index (κ3) is 3.22. The van der Waals surface area contributed by atoms with Crippen molar-refractivity contribution in [1.29, 1.82) is 0 Å². The molecule has 132 valence electrons. The second kappa shape index (κ2) is 5.61. The van der Waals surface area contributed by atoms with Crippen LogP contribution in [0.2, 0.25) is 0 Å². The molecule has 0 atom stereocenters. The summed E-state index contributed by atoms with van der Waals surface area (Å²) < 4.78 is 65.7. The molecule has 0 N–H and O–H groups in total. The first kappa shape index (κ1) is 17.0. The van der Waals surface area contributed by atoms with Crippen LogP contribution < -0.4 is 0 Å². The lowest BCUT2D eigenvalue weighted by molar-refractivity contribution is -0.171. The van der Waals surface area contributed by atoms with Crippen LogP contribution in [0, 0.1) is 23.2 Å². The van der Waals surface area contributed by atoms with E-state index in [1.807, 2.05) is 0 Å². The van der Waals surface area contributed by atoms with Crippen LogP contribution in [0.5, 0.6) is 0 Å². The minimum atomic E-state index is -5.51. The third-order valence-electron chi connectivity index (χ3n) is 5.35. The van der Waals surface area contributed by atoms with Crippen LogP contribution in [0.25, 0.3) is 4.72 Å². The summed E-state index contributed by atoms with van der Waals surface area (Å²) in [5.41, 5.74) is -5.91. The first-order valence-electron chi connectivity index (χ1n) is 7.79. The predicted octanol–water partition coefficient (Wildman–Crippen LogP) is 2.97. The lowest BCUT2D eigenvalue weighted by Gasteiger charge is -2.55. The summed E-state index contributed by atoms with van der Waals surface area (Å²) in [7, 11) is -5.51. The average Bonchev–Trinajstić information content (AvgIpc) is 2.40. The minimum absolute atomic E-state index is 0.392. The molecule has 0 spiro atoms. The van der Waals surface area contributed by atoms with Crippen molar-refractivity contribution in [3.8, 4) is 0 Å². The molecule has 0 aromatic carbocycles. The average molecular weight is 354 g/mol. The Morgan fingerprint density at radius 3 is 2.00 bits per heavy atom. The lowest BCUT2D eigenvalue weighted by atomic mass is 9.49. The molecule has 0 radical (unpaired) electrons. The van der Waals surface area contributed by atoms with E-state index in [2.05, 4.69) is 4.72 Å². The zero-order chi connectivity index (χ0) is 16.9. The minimum Gasteiger partial charge on any atom is -0.538 e. The van der Waals surface area contributed by atoms with Crippen LogP contribution in [-0.2, 0) is 19.6 Å². The molecule has 4 fully saturated rings. The molecule has 0 aliphatic heterocycles. The van der Waals surface area contributed by atoms with Crippen molar-refractivity contribution < 1.29 is 31.1 Å². The Labute approximate surface area is 133 Å². The number of carbonyl (C=O) groups is 1. The zero-order valence-electron chi connectivity index (χ0n) is 12.5. The van der Waals surface area contributed by atoms with Crippen LogP contribution in [0.4, 0.5) is 13.2 Å². The van der Waals surface area contributed by atoms with Gasteiger partial charge in [-0.3, -0.25) is 4.79 Å². The van der Waals surface area contributed by atoms with Crippen molar-refractivity contribution in [2.24, 2.45) is 23.2 Å². The number of rotatable bonds is 5. The van der Waals surface area contributed by atoms with Gasteiger partial charge in [-0.2, -0.15) is 13.2 Å². The maximum Gasteiger partial charge on any atom is 0.480 e. The number of sulfonamides is 1. The van der Waals surface area contributed by atoms with Gasteiger partial charge in [-0.25, -0.2) is 8.42 Å². The first-order chi connectivity index (χ1) is 10.6. The maximum absolute atomic E-state index is 12.4. The van der Waals surface area contributed by atoms with Crippen molar-refractivity contribution in [2.75, 3.05) is 13.2 Å². The van der Waals surface area contributed by atoms with Crippen molar-refractivity contribution in [1.82, 2.24) is 0 Å². The van der Waals surface area contributed by atoms with Crippen LogP contribution in [0.1, 0.15) is 38.5 Å². The summed E-state index contributed by atoms with van der Waals surface area (Å²) in [4.78, 5) is 12.4. The molecule has 0 amide bonds. The van der Waals surface area contributed by atoms with Gasteiger partial charge in [0.2, 0.25) is 0 Å². The number of ether oxygens (including phenoxy) is 1. The predicted molar refractivity (Wildman–Crippen MR) is 74.8 cm³/mol. The van der Waals surface area contributed by atoms with Gasteiger partial charge in [-0.15, -0.1) is 6.54 Å². The Hall–Kier alpha value is -0.830. The van der Waals surface area contributed by atoms with Gasteiger partial charge >= 0.3 is 11.5 Å². The topological polar surface area (TPSA) is 74.5 Å². The standard InChI is InChI=1S/C14H19F3NO4S/c15-14(16,17)23(20,21)18-1-2-22-12(19)13-6-9-3-10(7-13)5-11(4-9)8-13/h9-11H,1-8H2/q-1. The highest BCUT2D eigenvalue weighted by Gasteiger charge is 2.55. The van der Waals surface area contributed by atoms with Gasteiger partial charge in [0.05, 0.1) is 12.0 Å². The van der Waals surface area contributed by atoms with Crippen LogP contribution in [0.3, 0.4) is 0 Å². The number of hydrogen-bond acceptors (Lipinski definition) is 4. The van der Waals surface area contributed by atoms with Crippen molar-refractivity contribution in [3.63, 3.8) is 0 Å². The fourth-order valence-corrected chi connectivity index (χ4v) is 5.34. The van der Waals surface area contributed by atoms with Crippen LogP contribution >= 0.6 is 0 Å². The highest BCUT2D eigenvalue weighted by atomic mass is 32.2. The number of carbonyl (C=O) groups excluding carboxylic acids is 1. The van der Waals surface area contributed by atoms with Crippen LogP contribution in [-0.4, -0.2) is 33.0 Å². The summed E-state index contributed by atoms with van der Waals surface area (Å²) in [5, 5.41) is 0. The summed E-state index contributed by atoms with van der Waals surface area (Å²) in [6.07, 6.45) is 5.84. The summed E-state index contributed by atoms with van der Waals surface area (Å²) in [6, 6.07) is 0. The second-order valence-electron chi connectivity index (χ2n) is 7.11. The van der Waals surface area contributed by atoms with Gasteiger partial charge in [0.25, 0.3) is 0 Å². The Kier molecular flexibility index (Phi) is 4.15. The van der Waals surface area contributed by atoms with E-state index in [0.29, 0.717) is 17.8 Å². The molecular formula is C14H19F3NO4S-. The summed E-state index contributed by atoms with van der Waals surface area (Å²) in [6.45, 7) is -1.13. The number of nitrogens with zero attached hydrogens (tertiary/aromatic N) is 1. The molecule has 0 saturated heterocycles. The molecule has 0 aromatic rings. The number of esters is 1. The van der Waals surface area contributed by atoms with E-state index in [1.54, 1.807) is 0 Å². The molecule has 0 heterocycles. The molecule has 0 unspecified atom stereocenters. The van der Waals surface area contributed by atoms with Gasteiger partial charge in [0, 0.05) is 0 Å². The van der Waals surface area contributed by atoms with Crippen molar-refractivity contribution in [2.45, 2.75) is 44.0 Å². The molecule has 4 rings (SSSR count). The highest BCUT2D eigenvalue weighted by Crippen LogP contribution is 2.60. The number of alkyl halides is 3. The van der Waals surface area contributed by atoms with E-state index in [0.717, 1.165) is 38.5 Å². The molecule has 5 nitrogen and oxygen atoms in total. The van der Waals surface area contributed by atoms with E-state index in [-0.39, 0.29) is 0 Å². The van der Waals surface area contributed by atoms with E-state index in [4.69, 9.17) is 4.74 Å². The van der Waals surface area contributed by atoms with Gasteiger partial charge in [0.15, 0.2) is 10.0 Å². The fraction of sp³-hybridized carbons (Fsp3) is 0.929. The largest absolute Gasteiger partial charge is 0.538 e. The number of hydrogen-bond donors (Lipinski definition) is 0. The van der Waals surface area contributed by atoms with Gasteiger partial charge in [0.1, 0.15) is 0 Å². The number of halogens is 3. The normalized spacial score (nSPS) is 36.2. The lowest BCUT2D eigenvalue weighted by Crippen LogP contribution is -2.50. The molecule has 23 heavy (non-hydrogen) atoms. The summed E-state index contributed by atoms with van der Waals surface area (Å²) in [5.74, 6) is 1.24. The molecule has 0 aromatic heterocycles. The Balaban J connectivity index is 1.51. The SMILES string of the molecule is O=C(OCC[N-]S(=O)(=O)C(F)(F)F)C12CC3CC(CC(C3)C1)C2. The first-order valence-corrected chi connectivity index (χ1v) is 9.23. The molecule has 4 bridgehead atoms. The van der Waals surface area contributed by atoms with Crippen LogP contribution in [0.15, 0.2) is 0 Å². The van der Waals surface area contributed by atoms with Gasteiger partial charge < -0.3 is 9.46 Å². The zero-order valence-corrected chi connectivity index (χ0v) is 13.3. The maximum atomic E-state index is 12.4. The van der Waals surface area contributed by atoms with E-state index in [9.17, 15) is 26.4 Å². The monoisotopic (exact) mass is 354 g/mol. The Morgan fingerprint density at radius 2 is 1.57 bits per heavy atom. The quantitative estimate of drug-likeness (QED) is 0.562. The van der Waals surface area contributed by atoms with Crippen molar-refractivity contribution in [3.05, 3.63) is 4.72 Å². The van der Waals surface area contributed by atoms with E-state index in [1.165, 1.54) is 0 Å². The Morgan fingerprint density at radius 1 is 1.09 bits per heavy atom. The molecule has 4 aliphatic carbocycles. The fourth-order valence-electron chi connectivity index (χ4n) is 4.88. The Bertz CT molecular complexity index is 552. The van der Waals surface area contributed by atoms with Gasteiger partial charge in [-0.05, 0) is 56.3 Å². The third-order valence-corrected chi connectivity index (χ3v) is 6.46. The second-order valence-corrected chi connectivity index (χ2v) is 8.78. The molecule has 4 saturated carbocycles. The van der Waals surface area contributed by atoms with E-state index >= 15 is 0 Å². The molecule has 9 heteroatoms. The summed E-state index contributed by atoms with van der Waals surface area (Å²) >= 11 is 0. The van der Waals surface area contributed by atoms with Crippen molar-refractivity contribution >= 4 is 16.0 Å².